The minimum Gasteiger partial charge on any atom is -0.497 e. The minimum absolute atomic E-state index is 0.0268. The second kappa shape index (κ2) is 10.3. The van der Waals surface area contributed by atoms with Crippen LogP contribution in [0.2, 0.25) is 0 Å². The summed E-state index contributed by atoms with van der Waals surface area (Å²) in [5.74, 6) is 1.36. The van der Waals surface area contributed by atoms with Gasteiger partial charge in [0.2, 0.25) is 5.95 Å². The van der Waals surface area contributed by atoms with Crippen molar-refractivity contribution in [3.8, 4) is 16.9 Å². The van der Waals surface area contributed by atoms with Crippen molar-refractivity contribution in [2.45, 2.75) is 19.4 Å². The third-order valence-corrected chi connectivity index (χ3v) is 5.96. The van der Waals surface area contributed by atoms with Gasteiger partial charge in [0, 0.05) is 55.9 Å². The first-order valence-corrected chi connectivity index (χ1v) is 11.1. The smallest absolute Gasteiger partial charge is 0.407 e. The van der Waals surface area contributed by atoms with Crippen LogP contribution in [0, 0.1) is 0 Å². The molecule has 0 radical (unpaired) electrons. The Bertz CT molecular complexity index is 1050. The van der Waals surface area contributed by atoms with E-state index in [1.807, 2.05) is 43.3 Å². The van der Waals surface area contributed by atoms with Gasteiger partial charge in [-0.1, -0.05) is 24.3 Å². The van der Waals surface area contributed by atoms with E-state index in [0.717, 1.165) is 48.6 Å². The zero-order valence-electron chi connectivity index (χ0n) is 18.9. The number of ether oxygens (including phenoxy) is 1. The number of nitrogens with zero attached hydrogens (tertiary/aromatic N) is 4. The Morgan fingerprint density at radius 1 is 1.06 bits per heavy atom. The minimum atomic E-state index is -0.829. The molecular formula is C25H29N5O3. The lowest BCUT2D eigenvalue weighted by Crippen LogP contribution is -2.53. The number of hydrogen-bond donors (Lipinski definition) is 2. The topological polar surface area (TPSA) is 90.8 Å². The first-order chi connectivity index (χ1) is 16.0. The molecule has 0 aliphatic carbocycles. The third kappa shape index (κ3) is 5.78. The normalized spacial score (nSPS) is 16.4. The summed E-state index contributed by atoms with van der Waals surface area (Å²) in [4.78, 5) is 23.9. The molecule has 1 aliphatic heterocycles. The molecule has 8 nitrogen and oxygen atoms in total. The number of aromatic nitrogens is 2. The molecule has 1 atom stereocenters. The molecule has 2 heterocycles. The highest BCUT2D eigenvalue weighted by Crippen LogP contribution is 2.22. The lowest BCUT2D eigenvalue weighted by molar-refractivity contribution is 0.0746. The highest BCUT2D eigenvalue weighted by atomic mass is 16.5. The summed E-state index contributed by atoms with van der Waals surface area (Å²) in [6.07, 6.45) is 3.70. The van der Waals surface area contributed by atoms with Gasteiger partial charge in [-0.15, -0.1) is 0 Å². The predicted molar refractivity (Wildman–Crippen MR) is 128 cm³/mol. The van der Waals surface area contributed by atoms with Gasteiger partial charge in [-0.3, -0.25) is 4.90 Å². The van der Waals surface area contributed by atoms with Crippen LogP contribution in [0.5, 0.6) is 5.75 Å². The van der Waals surface area contributed by atoms with Crippen LogP contribution in [0.4, 0.5) is 16.4 Å². The van der Waals surface area contributed by atoms with E-state index >= 15 is 0 Å². The molecule has 33 heavy (non-hydrogen) atoms. The van der Waals surface area contributed by atoms with Crippen molar-refractivity contribution in [2.24, 2.45) is 0 Å². The average Bonchev–Trinajstić information content (AvgIpc) is 2.84. The van der Waals surface area contributed by atoms with Crippen LogP contribution in [0.25, 0.3) is 11.1 Å². The predicted octanol–water partition coefficient (Wildman–Crippen LogP) is 4.12. The van der Waals surface area contributed by atoms with Gasteiger partial charge in [-0.05, 0) is 48.7 Å². The molecule has 1 aliphatic rings. The van der Waals surface area contributed by atoms with Gasteiger partial charge >= 0.3 is 6.09 Å². The summed E-state index contributed by atoms with van der Waals surface area (Å²) in [6.45, 7) is 5.00. The van der Waals surface area contributed by atoms with Crippen LogP contribution in [-0.4, -0.2) is 70.3 Å². The Balaban J connectivity index is 1.28. The Hall–Kier alpha value is -3.65. The SMILES string of the molecule is COc1ccc(-c2cnc(Nc3ccc(CCN4CCN(C(=O)O)C(C)C4)cc3)nc2)cc1. The van der Waals surface area contributed by atoms with Gasteiger partial charge in [-0.2, -0.15) is 0 Å². The zero-order valence-corrected chi connectivity index (χ0v) is 18.9. The zero-order chi connectivity index (χ0) is 23.2. The van der Waals surface area contributed by atoms with E-state index in [2.05, 4.69) is 32.3 Å². The van der Waals surface area contributed by atoms with Crippen molar-refractivity contribution in [1.29, 1.82) is 0 Å². The highest BCUT2D eigenvalue weighted by molar-refractivity contribution is 5.65. The van der Waals surface area contributed by atoms with E-state index in [-0.39, 0.29) is 6.04 Å². The quantitative estimate of drug-likeness (QED) is 0.563. The fourth-order valence-electron chi connectivity index (χ4n) is 4.02. The largest absolute Gasteiger partial charge is 0.497 e. The molecule has 1 unspecified atom stereocenters. The molecule has 2 aromatic carbocycles. The summed E-state index contributed by atoms with van der Waals surface area (Å²) in [7, 11) is 1.65. The van der Waals surface area contributed by atoms with Gasteiger partial charge in [0.1, 0.15) is 5.75 Å². The molecule has 0 bridgehead atoms. The molecule has 8 heteroatoms. The van der Waals surface area contributed by atoms with Crippen LogP contribution in [0.1, 0.15) is 12.5 Å². The van der Waals surface area contributed by atoms with E-state index in [1.54, 1.807) is 19.5 Å². The van der Waals surface area contributed by atoms with Crippen molar-refractivity contribution in [3.63, 3.8) is 0 Å². The molecule has 1 fully saturated rings. The number of nitrogens with one attached hydrogen (secondary N) is 1. The molecule has 1 amide bonds. The van der Waals surface area contributed by atoms with E-state index in [0.29, 0.717) is 12.5 Å². The number of rotatable bonds is 7. The number of anilines is 2. The van der Waals surface area contributed by atoms with Gasteiger partial charge in [0.15, 0.2) is 0 Å². The maximum absolute atomic E-state index is 11.2. The van der Waals surface area contributed by atoms with Gasteiger partial charge < -0.3 is 20.1 Å². The summed E-state index contributed by atoms with van der Waals surface area (Å²) in [5, 5.41) is 12.4. The average molecular weight is 448 g/mol. The highest BCUT2D eigenvalue weighted by Gasteiger charge is 2.26. The molecule has 0 saturated carbocycles. The number of carboxylic acid groups (broad SMARTS) is 1. The summed E-state index contributed by atoms with van der Waals surface area (Å²) >= 11 is 0. The standard InChI is InChI=1S/C25H29N5O3/c1-18-17-29(13-14-30(18)25(31)32)12-11-19-3-7-22(8-4-19)28-24-26-15-21(16-27-24)20-5-9-23(33-2)10-6-20/h3-10,15-16,18H,11-14,17H2,1-2H3,(H,31,32)(H,26,27,28). The van der Waals surface area contributed by atoms with Crippen LogP contribution < -0.4 is 10.1 Å². The first-order valence-electron chi connectivity index (χ1n) is 11.1. The van der Waals surface area contributed by atoms with Crippen molar-refractivity contribution in [2.75, 3.05) is 38.6 Å². The Morgan fingerprint density at radius 2 is 1.76 bits per heavy atom. The summed E-state index contributed by atoms with van der Waals surface area (Å²) in [5.41, 5.74) is 4.15. The number of piperazine rings is 1. The Labute approximate surface area is 193 Å². The second-order valence-corrected chi connectivity index (χ2v) is 8.22. The van der Waals surface area contributed by atoms with Crippen molar-refractivity contribution in [3.05, 3.63) is 66.5 Å². The summed E-state index contributed by atoms with van der Waals surface area (Å²) < 4.78 is 5.20. The molecular weight excluding hydrogens is 418 g/mol. The maximum atomic E-state index is 11.2. The lowest BCUT2D eigenvalue weighted by atomic mass is 10.1. The lowest BCUT2D eigenvalue weighted by Gasteiger charge is -2.38. The number of methoxy groups -OCH3 is 1. The van der Waals surface area contributed by atoms with E-state index < -0.39 is 6.09 Å². The van der Waals surface area contributed by atoms with Crippen molar-refractivity contribution < 1.29 is 14.6 Å². The number of benzene rings is 2. The fraction of sp³-hybridized carbons (Fsp3) is 0.320. The Morgan fingerprint density at radius 3 is 2.36 bits per heavy atom. The van der Waals surface area contributed by atoms with Crippen molar-refractivity contribution in [1.82, 2.24) is 19.8 Å². The van der Waals surface area contributed by atoms with Gasteiger partial charge in [0.25, 0.3) is 0 Å². The number of hydrogen-bond acceptors (Lipinski definition) is 6. The maximum Gasteiger partial charge on any atom is 0.407 e. The third-order valence-electron chi connectivity index (χ3n) is 5.96. The van der Waals surface area contributed by atoms with Crippen LogP contribution >= 0.6 is 0 Å². The molecule has 172 valence electrons. The van der Waals surface area contributed by atoms with E-state index in [4.69, 9.17) is 4.74 Å². The van der Waals surface area contributed by atoms with Crippen LogP contribution in [0.15, 0.2) is 60.9 Å². The molecule has 2 N–H and O–H groups in total. The van der Waals surface area contributed by atoms with Crippen LogP contribution in [-0.2, 0) is 6.42 Å². The Kier molecular flexibility index (Phi) is 7.04. The van der Waals surface area contributed by atoms with Crippen molar-refractivity contribution >= 4 is 17.7 Å². The molecule has 1 aromatic heterocycles. The molecule has 0 spiro atoms. The summed E-state index contributed by atoms with van der Waals surface area (Å²) in [6, 6.07) is 16.1. The van der Waals surface area contributed by atoms with Gasteiger partial charge in [-0.25, -0.2) is 14.8 Å². The van der Waals surface area contributed by atoms with Gasteiger partial charge in [0.05, 0.1) is 7.11 Å². The van der Waals surface area contributed by atoms with E-state index in [1.165, 1.54) is 10.5 Å². The fourth-order valence-corrected chi connectivity index (χ4v) is 4.02. The second-order valence-electron chi connectivity index (χ2n) is 8.22. The molecule has 4 rings (SSSR count). The number of amides is 1. The first kappa shape index (κ1) is 22.5. The monoisotopic (exact) mass is 447 g/mol. The van der Waals surface area contributed by atoms with E-state index in [9.17, 15) is 9.90 Å². The van der Waals surface area contributed by atoms with Crippen LogP contribution in [0.3, 0.4) is 0 Å². The molecule has 1 saturated heterocycles. The number of carbonyl (C=O) groups is 1. The molecule has 3 aromatic rings.